The van der Waals surface area contributed by atoms with Gasteiger partial charge >= 0.3 is 0 Å². The maximum atomic E-state index is 6.20. The number of nitrogens with zero attached hydrogens (tertiary/aromatic N) is 1. The number of nitrogens with two attached hydrogens (primary N) is 1. The minimum Gasteiger partial charge on any atom is -0.324 e. The summed E-state index contributed by atoms with van der Waals surface area (Å²) in [6, 6.07) is 11.4. The maximum Gasteiger partial charge on any atom is 0.0295 e. The van der Waals surface area contributed by atoms with Gasteiger partial charge in [-0.3, -0.25) is 0 Å². The molecule has 2 unspecified atom stereocenters. The van der Waals surface area contributed by atoms with Gasteiger partial charge < -0.3 is 10.6 Å². The number of hydrogen-bond acceptors (Lipinski definition) is 2. The lowest BCUT2D eigenvalue weighted by Gasteiger charge is -2.21. The molecule has 17 heavy (non-hydrogen) atoms. The second kappa shape index (κ2) is 6.18. The van der Waals surface area contributed by atoms with Crippen LogP contribution in [0, 0.1) is 0 Å². The Hall–Kier alpha value is -0.860. The van der Waals surface area contributed by atoms with Crippen molar-refractivity contribution in [1.82, 2.24) is 4.90 Å². The molecule has 0 aliphatic carbocycles. The van der Waals surface area contributed by atoms with Crippen LogP contribution in [0.2, 0.25) is 0 Å². The van der Waals surface area contributed by atoms with Crippen LogP contribution in [0.3, 0.4) is 0 Å². The summed E-state index contributed by atoms with van der Waals surface area (Å²) in [5, 5.41) is 0. The molecule has 2 heteroatoms. The normalized spacial score (nSPS) is 22.8. The Kier molecular flexibility index (Phi) is 4.57. The highest BCUT2D eigenvalue weighted by Crippen LogP contribution is 2.19. The van der Waals surface area contributed by atoms with Crippen molar-refractivity contribution in [3.63, 3.8) is 0 Å². The van der Waals surface area contributed by atoms with E-state index in [4.69, 9.17) is 5.73 Å². The smallest absolute Gasteiger partial charge is 0.0295 e. The van der Waals surface area contributed by atoms with Crippen molar-refractivity contribution in [1.29, 1.82) is 0 Å². The van der Waals surface area contributed by atoms with Gasteiger partial charge in [0.05, 0.1) is 0 Å². The number of benzene rings is 1. The zero-order chi connectivity index (χ0) is 12.1. The molecule has 2 nitrogen and oxygen atoms in total. The SMILES string of the molecule is CC1CCCN1CCCC(N)c1ccccc1. The van der Waals surface area contributed by atoms with E-state index in [1.165, 1.54) is 37.9 Å². The summed E-state index contributed by atoms with van der Waals surface area (Å²) in [4.78, 5) is 2.59. The van der Waals surface area contributed by atoms with Gasteiger partial charge in [0.1, 0.15) is 0 Å². The maximum absolute atomic E-state index is 6.20. The monoisotopic (exact) mass is 232 g/mol. The van der Waals surface area contributed by atoms with E-state index in [-0.39, 0.29) is 6.04 Å². The summed E-state index contributed by atoms with van der Waals surface area (Å²) in [6.07, 6.45) is 5.03. The van der Waals surface area contributed by atoms with Gasteiger partial charge in [0, 0.05) is 12.1 Å². The average Bonchev–Trinajstić information content (AvgIpc) is 2.76. The highest BCUT2D eigenvalue weighted by molar-refractivity contribution is 5.18. The van der Waals surface area contributed by atoms with Crippen molar-refractivity contribution < 1.29 is 0 Å². The Balaban J connectivity index is 1.71. The van der Waals surface area contributed by atoms with Crippen molar-refractivity contribution in [3.05, 3.63) is 35.9 Å². The van der Waals surface area contributed by atoms with E-state index in [1.54, 1.807) is 0 Å². The minimum atomic E-state index is 0.203. The quantitative estimate of drug-likeness (QED) is 0.845. The third-order valence-corrected chi connectivity index (χ3v) is 3.88. The fourth-order valence-electron chi connectivity index (χ4n) is 2.71. The second-order valence-electron chi connectivity index (χ2n) is 5.19. The first-order chi connectivity index (χ1) is 8.27. The van der Waals surface area contributed by atoms with E-state index in [9.17, 15) is 0 Å². The van der Waals surface area contributed by atoms with Gasteiger partial charge in [-0.2, -0.15) is 0 Å². The summed E-state index contributed by atoms with van der Waals surface area (Å²) in [6.45, 7) is 4.83. The van der Waals surface area contributed by atoms with E-state index >= 15 is 0 Å². The second-order valence-corrected chi connectivity index (χ2v) is 5.19. The first kappa shape index (κ1) is 12.6. The van der Waals surface area contributed by atoms with Crippen LogP contribution in [0.25, 0.3) is 0 Å². The van der Waals surface area contributed by atoms with Crippen LogP contribution in [-0.2, 0) is 0 Å². The number of hydrogen-bond donors (Lipinski definition) is 1. The van der Waals surface area contributed by atoms with E-state index in [0.29, 0.717) is 0 Å². The van der Waals surface area contributed by atoms with Gasteiger partial charge in [-0.25, -0.2) is 0 Å². The molecule has 2 rings (SSSR count). The molecule has 0 saturated carbocycles. The molecule has 2 atom stereocenters. The van der Waals surface area contributed by atoms with Crippen molar-refractivity contribution in [3.8, 4) is 0 Å². The van der Waals surface area contributed by atoms with Gasteiger partial charge in [-0.1, -0.05) is 30.3 Å². The topological polar surface area (TPSA) is 29.3 Å². The lowest BCUT2D eigenvalue weighted by atomic mass is 10.0. The summed E-state index contributed by atoms with van der Waals surface area (Å²) < 4.78 is 0. The lowest BCUT2D eigenvalue weighted by Crippen LogP contribution is -2.28. The van der Waals surface area contributed by atoms with Crippen molar-refractivity contribution >= 4 is 0 Å². The van der Waals surface area contributed by atoms with Crippen molar-refractivity contribution in [2.45, 2.75) is 44.7 Å². The molecule has 2 N–H and O–H groups in total. The largest absolute Gasteiger partial charge is 0.324 e. The first-order valence-electron chi connectivity index (χ1n) is 6.82. The molecule has 0 amide bonds. The molecule has 0 aromatic heterocycles. The lowest BCUT2D eigenvalue weighted by molar-refractivity contribution is 0.260. The molecule has 0 spiro atoms. The van der Waals surface area contributed by atoms with E-state index in [0.717, 1.165) is 12.5 Å². The Morgan fingerprint density at radius 1 is 1.35 bits per heavy atom. The molecule has 0 radical (unpaired) electrons. The Labute approximate surface area is 105 Å². The van der Waals surface area contributed by atoms with Crippen LogP contribution in [0.4, 0.5) is 0 Å². The van der Waals surface area contributed by atoms with Crippen LogP contribution in [0.5, 0.6) is 0 Å². The highest BCUT2D eigenvalue weighted by atomic mass is 15.2. The van der Waals surface area contributed by atoms with E-state index < -0.39 is 0 Å². The summed E-state index contributed by atoms with van der Waals surface area (Å²) in [7, 11) is 0. The van der Waals surface area contributed by atoms with Crippen LogP contribution in [0.15, 0.2) is 30.3 Å². The molecule has 1 saturated heterocycles. The molecule has 1 heterocycles. The minimum absolute atomic E-state index is 0.203. The Bertz CT molecular complexity index is 323. The standard InChI is InChI=1S/C15H24N2/c1-13-7-5-11-17(13)12-6-10-15(16)14-8-3-2-4-9-14/h2-4,8-9,13,15H,5-7,10-12,16H2,1H3. The van der Waals surface area contributed by atoms with Crippen LogP contribution >= 0.6 is 0 Å². The fraction of sp³-hybridized carbons (Fsp3) is 0.600. The molecular formula is C15H24N2. The molecule has 1 aliphatic heterocycles. The summed E-state index contributed by atoms with van der Waals surface area (Å²) in [5.74, 6) is 0. The molecule has 1 fully saturated rings. The van der Waals surface area contributed by atoms with Crippen LogP contribution in [0.1, 0.15) is 44.2 Å². The number of likely N-dealkylation sites (tertiary alicyclic amines) is 1. The first-order valence-corrected chi connectivity index (χ1v) is 6.82. The van der Waals surface area contributed by atoms with Crippen molar-refractivity contribution in [2.75, 3.05) is 13.1 Å². The average molecular weight is 232 g/mol. The zero-order valence-electron chi connectivity index (χ0n) is 10.8. The van der Waals surface area contributed by atoms with Crippen LogP contribution in [-0.4, -0.2) is 24.0 Å². The zero-order valence-corrected chi connectivity index (χ0v) is 10.8. The van der Waals surface area contributed by atoms with E-state index in [1.807, 2.05) is 6.07 Å². The summed E-state index contributed by atoms with van der Waals surface area (Å²) >= 11 is 0. The van der Waals surface area contributed by atoms with Gasteiger partial charge in [0.25, 0.3) is 0 Å². The third-order valence-electron chi connectivity index (χ3n) is 3.88. The predicted molar refractivity (Wildman–Crippen MR) is 72.9 cm³/mol. The Morgan fingerprint density at radius 2 is 2.12 bits per heavy atom. The molecule has 94 valence electrons. The molecule has 1 aromatic rings. The third kappa shape index (κ3) is 3.55. The molecular weight excluding hydrogens is 208 g/mol. The molecule has 1 aliphatic rings. The number of rotatable bonds is 5. The van der Waals surface area contributed by atoms with Crippen LogP contribution < -0.4 is 5.73 Å². The van der Waals surface area contributed by atoms with E-state index in [2.05, 4.69) is 36.1 Å². The molecule has 1 aromatic carbocycles. The predicted octanol–water partition coefficient (Wildman–Crippen LogP) is 2.95. The summed E-state index contributed by atoms with van der Waals surface area (Å²) in [5.41, 5.74) is 7.46. The van der Waals surface area contributed by atoms with Crippen molar-refractivity contribution in [2.24, 2.45) is 5.73 Å². The molecule has 0 bridgehead atoms. The van der Waals surface area contributed by atoms with Gasteiger partial charge in [0.15, 0.2) is 0 Å². The van der Waals surface area contributed by atoms with Gasteiger partial charge in [-0.05, 0) is 51.3 Å². The highest BCUT2D eigenvalue weighted by Gasteiger charge is 2.19. The fourth-order valence-corrected chi connectivity index (χ4v) is 2.71. The Morgan fingerprint density at radius 3 is 2.76 bits per heavy atom. The van der Waals surface area contributed by atoms with Gasteiger partial charge in [0.2, 0.25) is 0 Å². The van der Waals surface area contributed by atoms with Gasteiger partial charge in [-0.15, -0.1) is 0 Å².